The molecule has 2 atom stereocenters. The molecule has 0 aromatic heterocycles. The molecule has 10 heteroatoms. The molecule has 0 saturated carbocycles. The molecule has 42 heavy (non-hydrogen) atoms. The Kier molecular flexibility index (Phi) is 8.33. The van der Waals surface area contributed by atoms with Crippen molar-refractivity contribution in [2.45, 2.75) is 108 Å². The minimum Gasteiger partial charge on any atom is -0.280 e. The molecule has 10 nitrogen and oxygen atoms in total. The first-order valence-electron chi connectivity index (χ1n) is 14.5. The Morgan fingerprint density at radius 1 is 0.548 bits per heavy atom. The summed E-state index contributed by atoms with van der Waals surface area (Å²) in [4.78, 5) is 45.5. The summed E-state index contributed by atoms with van der Waals surface area (Å²) in [6, 6.07) is 6.41. The first kappa shape index (κ1) is 32.9. The number of amides is 2. The number of nitrogens with one attached hydrogen (secondary N) is 4. The van der Waals surface area contributed by atoms with E-state index in [1.165, 1.54) is 0 Å². The Hall–Kier alpha value is -3.56. The highest BCUT2D eigenvalue weighted by Crippen LogP contribution is 2.41. The van der Waals surface area contributed by atoms with Gasteiger partial charge in [0, 0.05) is 32.8 Å². The first-order chi connectivity index (χ1) is 18.9. The Bertz CT molecular complexity index is 1250. The van der Waals surface area contributed by atoms with Crippen molar-refractivity contribution in [1.29, 1.82) is 0 Å². The first-order valence-corrected chi connectivity index (χ1v) is 14.5. The standard InChI is InChI=1S/C32H50N8O2/c1-27(2,3)21-23(35-31(13,33-21)29(7,8)9)37-39-25(41)19-15-17-20(18-16-19)26(42)40-38-24-22(28(4,5)6)34-32(14,36-24)30(10,11)12/h15-18H,1-14H3,(H,35,37)(H,36,38)(H,39,41)(H,40,42). The van der Waals surface area contributed by atoms with Crippen molar-refractivity contribution >= 4 is 34.9 Å². The molecular weight excluding hydrogens is 528 g/mol. The zero-order valence-corrected chi connectivity index (χ0v) is 27.9. The molecule has 2 aliphatic heterocycles. The molecule has 1 aromatic rings. The molecule has 2 amide bonds. The van der Waals surface area contributed by atoms with Gasteiger partial charge in [0.05, 0.1) is 11.4 Å². The number of amidine groups is 2. The van der Waals surface area contributed by atoms with Gasteiger partial charge >= 0.3 is 0 Å². The quantitative estimate of drug-likeness (QED) is 0.346. The van der Waals surface area contributed by atoms with Gasteiger partial charge in [0.15, 0.2) is 23.0 Å². The number of rotatable bonds is 2. The zero-order chi connectivity index (χ0) is 32.1. The second-order valence-electron chi connectivity index (χ2n) is 15.6. The SMILES string of the molecule is CC(C)(C)C1=NC(C)(C(C)(C)C)N=C1NNC(=O)c1ccc(C(=O)NNC2=NC(C)(C(C)(C)C)N=C2C(C)(C)C)cc1. The average molecular weight is 579 g/mol. The molecule has 0 fully saturated rings. The molecule has 3 rings (SSSR count). The number of hydrazine groups is 2. The summed E-state index contributed by atoms with van der Waals surface area (Å²) in [5.74, 6) is 0.387. The van der Waals surface area contributed by atoms with E-state index >= 15 is 0 Å². The van der Waals surface area contributed by atoms with Crippen LogP contribution in [-0.4, -0.2) is 46.2 Å². The van der Waals surface area contributed by atoms with Gasteiger partial charge in [-0.1, -0.05) is 83.1 Å². The third-order valence-corrected chi connectivity index (χ3v) is 8.03. The highest BCUT2D eigenvalue weighted by molar-refractivity contribution is 6.45. The Balaban J connectivity index is 1.68. The van der Waals surface area contributed by atoms with Crippen LogP contribution in [0.3, 0.4) is 0 Å². The van der Waals surface area contributed by atoms with Crippen LogP contribution in [0.25, 0.3) is 0 Å². The molecule has 2 aliphatic rings. The summed E-state index contributed by atoms with van der Waals surface area (Å²) < 4.78 is 0. The maximum absolute atomic E-state index is 13.0. The largest absolute Gasteiger partial charge is 0.280 e. The molecule has 2 unspecified atom stereocenters. The minimum absolute atomic E-state index is 0.208. The van der Waals surface area contributed by atoms with Gasteiger partial charge in [-0.15, -0.1) is 0 Å². The van der Waals surface area contributed by atoms with Crippen LogP contribution in [0.2, 0.25) is 0 Å². The van der Waals surface area contributed by atoms with Crippen molar-refractivity contribution in [2.24, 2.45) is 41.6 Å². The van der Waals surface area contributed by atoms with E-state index in [2.05, 4.69) is 105 Å². The fourth-order valence-corrected chi connectivity index (χ4v) is 4.17. The second kappa shape index (κ2) is 10.6. The number of carbonyl (C=O) groups is 2. The lowest BCUT2D eigenvalue weighted by atomic mass is 9.82. The fourth-order valence-electron chi connectivity index (χ4n) is 4.17. The van der Waals surface area contributed by atoms with Crippen LogP contribution < -0.4 is 21.7 Å². The van der Waals surface area contributed by atoms with Crippen molar-refractivity contribution in [2.75, 3.05) is 0 Å². The number of hydrogen-bond donors (Lipinski definition) is 4. The maximum Gasteiger partial charge on any atom is 0.269 e. The summed E-state index contributed by atoms with van der Waals surface area (Å²) >= 11 is 0. The third-order valence-electron chi connectivity index (χ3n) is 8.03. The van der Waals surface area contributed by atoms with Crippen LogP contribution in [0.4, 0.5) is 0 Å². The summed E-state index contributed by atoms with van der Waals surface area (Å²) in [5.41, 5.74) is 11.6. The lowest BCUT2D eigenvalue weighted by molar-refractivity contribution is 0.0932. The van der Waals surface area contributed by atoms with Crippen LogP contribution >= 0.6 is 0 Å². The number of hydrogen-bond acceptors (Lipinski definition) is 8. The highest BCUT2D eigenvalue weighted by Gasteiger charge is 2.45. The lowest BCUT2D eigenvalue weighted by Crippen LogP contribution is -2.47. The van der Waals surface area contributed by atoms with Crippen molar-refractivity contribution in [3.05, 3.63) is 35.4 Å². The van der Waals surface area contributed by atoms with E-state index in [0.717, 1.165) is 11.4 Å². The summed E-state index contributed by atoms with van der Waals surface area (Å²) in [6.07, 6.45) is 0. The van der Waals surface area contributed by atoms with Crippen LogP contribution in [0.5, 0.6) is 0 Å². The molecular formula is C32H50N8O2. The van der Waals surface area contributed by atoms with Gasteiger partial charge in [0.25, 0.3) is 11.8 Å². The molecule has 0 saturated heterocycles. The van der Waals surface area contributed by atoms with Gasteiger partial charge in [0.1, 0.15) is 0 Å². The molecule has 2 heterocycles. The van der Waals surface area contributed by atoms with Gasteiger partial charge < -0.3 is 0 Å². The van der Waals surface area contributed by atoms with Crippen LogP contribution in [-0.2, 0) is 0 Å². The number of benzene rings is 1. The maximum atomic E-state index is 13.0. The second-order valence-corrected chi connectivity index (χ2v) is 15.6. The smallest absolute Gasteiger partial charge is 0.269 e. The number of nitrogens with zero attached hydrogens (tertiary/aromatic N) is 4. The van der Waals surface area contributed by atoms with E-state index in [1.54, 1.807) is 24.3 Å². The summed E-state index contributed by atoms with van der Waals surface area (Å²) in [6.45, 7) is 28.9. The van der Waals surface area contributed by atoms with E-state index < -0.39 is 11.3 Å². The Labute approximate surface area is 251 Å². The third kappa shape index (κ3) is 6.73. The van der Waals surface area contributed by atoms with E-state index in [1.807, 2.05) is 13.8 Å². The summed E-state index contributed by atoms with van der Waals surface area (Å²) in [7, 11) is 0. The van der Waals surface area contributed by atoms with Crippen molar-refractivity contribution < 1.29 is 9.59 Å². The predicted octanol–water partition coefficient (Wildman–Crippen LogP) is 5.48. The van der Waals surface area contributed by atoms with Crippen LogP contribution in [0.1, 0.15) is 118 Å². The van der Waals surface area contributed by atoms with E-state index in [4.69, 9.17) is 20.0 Å². The summed E-state index contributed by atoms with van der Waals surface area (Å²) in [5, 5.41) is 0. The number of aliphatic imine (C=N–C) groups is 4. The predicted molar refractivity (Wildman–Crippen MR) is 172 cm³/mol. The van der Waals surface area contributed by atoms with Gasteiger partial charge in [-0.05, 0) is 38.1 Å². The zero-order valence-electron chi connectivity index (χ0n) is 27.9. The molecule has 0 aliphatic carbocycles. The molecule has 0 radical (unpaired) electrons. The molecule has 0 spiro atoms. The van der Waals surface area contributed by atoms with Gasteiger partial charge in [-0.2, -0.15) is 0 Å². The average Bonchev–Trinajstić information content (AvgIpc) is 3.39. The van der Waals surface area contributed by atoms with Crippen molar-refractivity contribution in [3.63, 3.8) is 0 Å². The van der Waals surface area contributed by atoms with E-state index in [0.29, 0.717) is 22.8 Å². The van der Waals surface area contributed by atoms with E-state index in [-0.39, 0.29) is 33.5 Å². The lowest BCUT2D eigenvalue weighted by Gasteiger charge is -2.33. The van der Waals surface area contributed by atoms with E-state index in [9.17, 15) is 9.59 Å². The molecule has 0 bridgehead atoms. The Morgan fingerprint density at radius 2 is 0.833 bits per heavy atom. The fraction of sp³-hybridized carbons (Fsp3) is 0.625. The van der Waals surface area contributed by atoms with Gasteiger partial charge in [0.2, 0.25) is 0 Å². The van der Waals surface area contributed by atoms with Crippen molar-refractivity contribution in [1.82, 2.24) is 21.7 Å². The van der Waals surface area contributed by atoms with Crippen molar-refractivity contribution in [3.8, 4) is 0 Å². The molecule has 4 N–H and O–H groups in total. The Morgan fingerprint density at radius 3 is 1.07 bits per heavy atom. The van der Waals surface area contributed by atoms with Crippen LogP contribution in [0, 0.1) is 21.7 Å². The van der Waals surface area contributed by atoms with Gasteiger partial charge in [-0.3, -0.25) is 41.3 Å². The topological polar surface area (TPSA) is 132 Å². The molecule has 230 valence electrons. The highest BCUT2D eigenvalue weighted by atomic mass is 16.2. The normalized spacial score (nSPS) is 23.0. The molecule has 1 aromatic carbocycles. The number of carbonyl (C=O) groups excluding carboxylic acids is 2. The minimum atomic E-state index is -0.652. The van der Waals surface area contributed by atoms with Crippen LogP contribution in [0.15, 0.2) is 44.2 Å². The monoisotopic (exact) mass is 578 g/mol. The van der Waals surface area contributed by atoms with Gasteiger partial charge in [-0.25, -0.2) is 9.98 Å².